The maximum atomic E-state index is 6.00. The van der Waals surface area contributed by atoms with E-state index >= 15 is 0 Å². The Hall–Kier alpha value is -0.320. The normalized spacial score (nSPS) is 21.8. The number of nitrogens with two attached hydrogens (primary N) is 1. The smallest absolute Gasteiger partial charge is 0.124 e. The van der Waals surface area contributed by atoms with E-state index in [2.05, 4.69) is 25.8 Å². The summed E-state index contributed by atoms with van der Waals surface area (Å²) in [5.74, 6) is 0. The molecule has 0 unspecified atom stereocenters. The molecule has 5 heteroatoms. The molecule has 0 radical (unpaired) electrons. The molecule has 1 atom stereocenters. The van der Waals surface area contributed by atoms with Gasteiger partial charge in [0.25, 0.3) is 0 Å². The molecule has 1 aliphatic rings. The van der Waals surface area contributed by atoms with Crippen molar-refractivity contribution in [2.24, 2.45) is 5.73 Å². The first-order valence-electron chi connectivity index (χ1n) is 4.98. The Morgan fingerprint density at radius 1 is 1.60 bits per heavy atom. The van der Waals surface area contributed by atoms with Crippen LogP contribution in [0.3, 0.4) is 0 Å². The lowest BCUT2D eigenvalue weighted by molar-refractivity contribution is 0.506. The van der Waals surface area contributed by atoms with Crippen LogP contribution in [0.4, 0.5) is 5.69 Å². The van der Waals surface area contributed by atoms with Gasteiger partial charge in [0.2, 0.25) is 0 Å². The second kappa shape index (κ2) is 4.68. The minimum atomic E-state index is 0.265. The molecule has 1 saturated heterocycles. The fourth-order valence-corrected chi connectivity index (χ4v) is 2.21. The van der Waals surface area contributed by atoms with Gasteiger partial charge in [-0.15, -0.1) is 0 Å². The van der Waals surface area contributed by atoms with E-state index in [0.717, 1.165) is 31.6 Å². The van der Waals surface area contributed by atoms with E-state index in [1.54, 1.807) is 0 Å². The summed E-state index contributed by atoms with van der Waals surface area (Å²) in [6.07, 6.45) is 4.07. The zero-order valence-corrected chi connectivity index (χ0v) is 10.6. The van der Waals surface area contributed by atoms with Crippen molar-refractivity contribution in [3.63, 3.8) is 0 Å². The van der Waals surface area contributed by atoms with Gasteiger partial charge >= 0.3 is 0 Å². The number of hydrogen-bond donors (Lipinski definition) is 1. The van der Waals surface area contributed by atoms with Crippen molar-refractivity contribution in [1.29, 1.82) is 0 Å². The molecular weight excluding hydrogens is 277 g/mol. The third-order valence-electron chi connectivity index (χ3n) is 2.60. The van der Waals surface area contributed by atoms with Crippen LogP contribution in [-0.4, -0.2) is 24.1 Å². The molecule has 0 saturated carbocycles. The van der Waals surface area contributed by atoms with Crippen LogP contribution in [-0.2, 0) is 0 Å². The molecule has 0 spiro atoms. The van der Waals surface area contributed by atoms with E-state index in [1.165, 1.54) is 0 Å². The first-order valence-corrected chi connectivity index (χ1v) is 6.15. The van der Waals surface area contributed by atoms with E-state index in [0.29, 0.717) is 9.63 Å². The molecule has 1 fully saturated rings. The van der Waals surface area contributed by atoms with Gasteiger partial charge in [-0.3, -0.25) is 0 Å². The van der Waals surface area contributed by atoms with Crippen LogP contribution in [0.15, 0.2) is 16.9 Å². The number of aromatic nitrogens is 1. The number of nitrogens with zero attached hydrogens (tertiary/aromatic N) is 2. The van der Waals surface area contributed by atoms with Gasteiger partial charge in [0.15, 0.2) is 0 Å². The van der Waals surface area contributed by atoms with Crippen molar-refractivity contribution < 1.29 is 0 Å². The molecule has 3 nitrogen and oxygen atoms in total. The lowest BCUT2D eigenvalue weighted by atomic mass is 10.1. The lowest BCUT2D eigenvalue weighted by Gasteiger charge is -2.32. The number of pyridine rings is 1. The van der Waals surface area contributed by atoms with Crippen LogP contribution in [0.2, 0.25) is 5.02 Å². The summed E-state index contributed by atoms with van der Waals surface area (Å²) in [5.41, 5.74) is 6.98. The highest BCUT2D eigenvalue weighted by Gasteiger charge is 2.17. The van der Waals surface area contributed by atoms with Crippen LogP contribution in [0.25, 0.3) is 0 Å². The summed E-state index contributed by atoms with van der Waals surface area (Å²) in [7, 11) is 0. The van der Waals surface area contributed by atoms with Gasteiger partial charge in [0.1, 0.15) is 4.60 Å². The largest absolute Gasteiger partial charge is 0.369 e. The van der Waals surface area contributed by atoms with Gasteiger partial charge in [-0.25, -0.2) is 4.98 Å². The average molecular weight is 291 g/mol. The molecule has 2 N–H and O–H groups in total. The molecule has 82 valence electrons. The first kappa shape index (κ1) is 11.2. The van der Waals surface area contributed by atoms with E-state index in [4.69, 9.17) is 17.3 Å². The van der Waals surface area contributed by atoms with Crippen molar-refractivity contribution >= 4 is 33.2 Å². The molecular formula is C10H13BrClN3. The number of halogens is 2. The Balaban J connectivity index is 2.18. The van der Waals surface area contributed by atoms with Crippen LogP contribution in [0.5, 0.6) is 0 Å². The third-order valence-corrected chi connectivity index (χ3v) is 3.75. The minimum Gasteiger partial charge on any atom is -0.369 e. The summed E-state index contributed by atoms with van der Waals surface area (Å²) in [5, 5.41) is 0.645. The fraction of sp³-hybridized carbons (Fsp3) is 0.500. The second-order valence-electron chi connectivity index (χ2n) is 3.81. The fourth-order valence-electron chi connectivity index (χ4n) is 1.83. The van der Waals surface area contributed by atoms with Crippen molar-refractivity contribution in [3.8, 4) is 0 Å². The van der Waals surface area contributed by atoms with Gasteiger partial charge in [-0.2, -0.15) is 0 Å². The molecule has 1 aliphatic heterocycles. The number of anilines is 1. The summed E-state index contributed by atoms with van der Waals surface area (Å²) >= 11 is 9.28. The van der Waals surface area contributed by atoms with E-state index in [1.807, 2.05) is 12.3 Å². The number of rotatable bonds is 1. The second-order valence-corrected chi connectivity index (χ2v) is 4.97. The number of piperidine rings is 1. The average Bonchev–Trinajstić information content (AvgIpc) is 2.22. The molecule has 1 aromatic heterocycles. The van der Waals surface area contributed by atoms with Crippen molar-refractivity contribution in [3.05, 3.63) is 21.9 Å². The standard InChI is InChI=1S/C10H13BrClN3/c11-10-9(12)4-8(5-14-10)15-3-1-2-7(13)6-15/h4-5,7H,1-3,6,13H2/t7-/m0/s1. The third kappa shape index (κ3) is 2.62. The predicted octanol–water partition coefficient (Wildman–Crippen LogP) is 2.43. The minimum absolute atomic E-state index is 0.265. The first-order chi connectivity index (χ1) is 7.16. The Morgan fingerprint density at radius 3 is 3.07 bits per heavy atom. The Morgan fingerprint density at radius 2 is 2.40 bits per heavy atom. The maximum Gasteiger partial charge on any atom is 0.124 e. The molecule has 1 aromatic rings. The highest BCUT2D eigenvalue weighted by atomic mass is 79.9. The number of hydrogen-bond acceptors (Lipinski definition) is 3. The highest BCUT2D eigenvalue weighted by Crippen LogP contribution is 2.26. The maximum absolute atomic E-state index is 6.00. The molecule has 0 amide bonds. The van der Waals surface area contributed by atoms with E-state index < -0.39 is 0 Å². The van der Waals surface area contributed by atoms with Crippen LogP contribution in [0.1, 0.15) is 12.8 Å². The molecule has 2 heterocycles. The Kier molecular flexibility index (Phi) is 3.49. The summed E-state index contributed by atoms with van der Waals surface area (Å²) < 4.78 is 0.689. The summed E-state index contributed by atoms with van der Waals surface area (Å²) in [6, 6.07) is 2.19. The van der Waals surface area contributed by atoms with Crippen molar-refractivity contribution in [1.82, 2.24) is 4.98 Å². The van der Waals surface area contributed by atoms with Gasteiger partial charge in [0, 0.05) is 19.1 Å². The van der Waals surface area contributed by atoms with Gasteiger partial charge in [-0.05, 0) is 34.8 Å². The van der Waals surface area contributed by atoms with Crippen molar-refractivity contribution in [2.45, 2.75) is 18.9 Å². The highest BCUT2D eigenvalue weighted by molar-refractivity contribution is 9.10. The van der Waals surface area contributed by atoms with Gasteiger partial charge in [0.05, 0.1) is 16.9 Å². The molecule has 2 rings (SSSR count). The molecule has 15 heavy (non-hydrogen) atoms. The van der Waals surface area contributed by atoms with Crippen LogP contribution >= 0.6 is 27.5 Å². The van der Waals surface area contributed by atoms with Gasteiger partial charge < -0.3 is 10.6 Å². The predicted molar refractivity (Wildman–Crippen MR) is 66.4 cm³/mol. The molecule has 0 bridgehead atoms. The monoisotopic (exact) mass is 289 g/mol. The summed E-state index contributed by atoms with van der Waals surface area (Å²) in [4.78, 5) is 6.42. The van der Waals surface area contributed by atoms with Crippen LogP contribution < -0.4 is 10.6 Å². The molecule has 0 aromatic carbocycles. The molecule has 0 aliphatic carbocycles. The van der Waals surface area contributed by atoms with Crippen LogP contribution in [0, 0.1) is 0 Å². The Bertz CT molecular complexity index is 359. The zero-order chi connectivity index (χ0) is 10.8. The zero-order valence-electron chi connectivity index (χ0n) is 8.29. The quantitative estimate of drug-likeness (QED) is 0.808. The van der Waals surface area contributed by atoms with E-state index in [-0.39, 0.29) is 6.04 Å². The SMILES string of the molecule is N[C@H]1CCCN(c2cnc(Br)c(Cl)c2)C1. The van der Waals surface area contributed by atoms with E-state index in [9.17, 15) is 0 Å². The summed E-state index contributed by atoms with van der Waals surface area (Å²) in [6.45, 7) is 1.92. The topological polar surface area (TPSA) is 42.1 Å². The lowest BCUT2D eigenvalue weighted by Crippen LogP contribution is -2.42. The van der Waals surface area contributed by atoms with Crippen molar-refractivity contribution in [2.75, 3.05) is 18.0 Å². The van der Waals surface area contributed by atoms with Gasteiger partial charge in [-0.1, -0.05) is 11.6 Å². The Labute approximate surface area is 103 Å².